The van der Waals surface area contributed by atoms with Gasteiger partial charge in [0.2, 0.25) is 0 Å². The van der Waals surface area contributed by atoms with Crippen LogP contribution in [0.25, 0.3) is 0 Å². The third-order valence-electron chi connectivity index (χ3n) is 1.52. The molecule has 1 rings (SSSR count). The first kappa shape index (κ1) is 11.7. The summed E-state index contributed by atoms with van der Waals surface area (Å²) in [5.74, 6) is -0.162. The van der Waals surface area contributed by atoms with E-state index in [0.717, 1.165) is 0 Å². The molecule has 0 bridgehead atoms. The Morgan fingerprint density at radius 3 is 2.40 bits per heavy atom. The van der Waals surface area contributed by atoms with Crippen molar-refractivity contribution in [3.63, 3.8) is 0 Å². The molecular weight excluding hydrogens is 214 g/mol. The van der Waals surface area contributed by atoms with Crippen molar-refractivity contribution >= 4 is 15.8 Å². The smallest absolute Gasteiger partial charge is 0.268 e. The lowest BCUT2D eigenvalue weighted by atomic mass is 10.2. The Balaban J connectivity index is 2.70. The van der Waals surface area contributed by atoms with Gasteiger partial charge in [0.25, 0.3) is 0 Å². The topological polar surface area (TPSA) is 55.7 Å². The summed E-state index contributed by atoms with van der Waals surface area (Å²) in [5.41, 5.74) is 1.24. The zero-order valence-electron chi connectivity index (χ0n) is 8.67. The fourth-order valence-corrected chi connectivity index (χ4v) is 1.85. The summed E-state index contributed by atoms with van der Waals surface area (Å²) in [6, 6.07) is 8.83. The summed E-state index contributed by atoms with van der Waals surface area (Å²) in [6.07, 6.45) is 0. The Morgan fingerprint density at radius 1 is 1.27 bits per heavy atom. The molecule has 4 nitrogen and oxygen atoms in total. The van der Waals surface area contributed by atoms with Gasteiger partial charge in [0.1, 0.15) is 5.75 Å². The molecule has 0 saturated carbocycles. The minimum atomic E-state index is -3.62. The second kappa shape index (κ2) is 4.93. The van der Waals surface area contributed by atoms with Gasteiger partial charge in [-0.2, -0.15) is 8.42 Å². The minimum Gasteiger partial charge on any atom is -0.268 e. The van der Waals surface area contributed by atoms with Crippen LogP contribution in [-0.2, 0) is 20.2 Å². The van der Waals surface area contributed by atoms with E-state index in [-0.39, 0.29) is 5.75 Å². The van der Waals surface area contributed by atoms with E-state index < -0.39 is 10.1 Å². The lowest BCUT2D eigenvalue weighted by Gasteiger charge is -2.01. The third-order valence-corrected chi connectivity index (χ3v) is 2.51. The predicted octanol–water partition coefficient (Wildman–Crippen LogP) is 1.93. The van der Waals surface area contributed by atoms with Crippen LogP contribution in [0.1, 0.15) is 19.4 Å². The van der Waals surface area contributed by atoms with Gasteiger partial charge in [-0.25, -0.2) is 0 Å². The van der Waals surface area contributed by atoms with Crippen LogP contribution in [0.15, 0.2) is 35.5 Å². The molecule has 0 aliphatic carbocycles. The van der Waals surface area contributed by atoms with Crippen LogP contribution in [-0.4, -0.2) is 14.1 Å². The van der Waals surface area contributed by atoms with Crippen LogP contribution in [0.2, 0.25) is 0 Å². The first-order valence-corrected chi connectivity index (χ1v) is 6.04. The van der Waals surface area contributed by atoms with E-state index in [1.54, 1.807) is 38.1 Å². The van der Waals surface area contributed by atoms with E-state index in [0.29, 0.717) is 11.3 Å². The van der Waals surface area contributed by atoms with E-state index >= 15 is 0 Å². The molecule has 0 N–H and O–H groups in total. The van der Waals surface area contributed by atoms with E-state index in [9.17, 15) is 8.42 Å². The molecule has 0 unspecified atom stereocenters. The molecule has 0 heterocycles. The quantitative estimate of drug-likeness (QED) is 0.583. The van der Waals surface area contributed by atoms with Crippen molar-refractivity contribution in [2.45, 2.75) is 19.6 Å². The van der Waals surface area contributed by atoms with Gasteiger partial charge in [-0.1, -0.05) is 35.5 Å². The van der Waals surface area contributed by atoms with Crippen molar-refractivity contribution in [3.8, 4) is 0 Å². The molecule has 1 aromatic carbocycles. The van der Waals surface area contributed by atoms with Crippen molar-refractivity contribution in [1.82, 2.24) is 0 Å². The average molecular weight is 227 g/mol. The standard InChI is InChI=1S/C10H13NO3S/c1-9(2)11-14-15(12,13)8-10-6-4-3-5-7-10/h3-7H,8H2,1-2H3. The molecular formula is C10H13NO3S. The zero-order valence-corrected chi connectivity index (χ0v) is 9.49. The molecule has 0 atom stereocenters. The van der Waals surface area contributed by atoms with E-state index in [1.165, 1.54) is 0 Å². The molecule has 0 radical (unpaired) electrons. The van der Waals surface area contributed by atoms with Crippen LogP contribution in [0, 0.1) is 0 Å². The largest absolute Gasteiger partial charge is 0.332 e. The molecule has 0 amide bonds. The molecule has 0 aliphatic heterocycles. The molecule has 82 valence electrons. The molecule has 15 heavy (non-hydrogen) atoms. The van der Waals surface area contributed by atoms with Gasteiger partial charge in [-0.15, -0.1) is 0 Å². The maximum absolute atomic E-state index is 11.4. The molecule has 0 saturated heterocycles. The van der Waals surface area contributed by atoms with Crippen molar-refractivity contribution in [2.24, 2.45) is 5.16 Å². The van der Waals surface area contributed by atoms with Gasteiger partial charge in [0.15, 0.2) is 0 Å². The van der Waals surface area contributed by atoms with E-state index in [2.05, 4.69) is 9.44 Å². The lowest BCUT2D eigenvalue weighted by Crippen LogP contribution is -2.06. The maximum atomic E-state index is 11.4. The zero-order chi connectivity index (χ0) is 11.3. The Morgan fingerprint density at radius 2 is 1.87 bits per heavy atom. The van der Waals surface area contributed by atoms with Crippen LogP contribution >= 0.6 is 0 Å². The van der Waals surface area contributed by atoms with Crippen molar-refractivity contribution < 1.29 is 12.7 Å². The van der Waals surface area contributed by atoms with Gasteiger partial charge in [-0.3, -0.25) is 4.28 Å². The summed E-state index contributed by atoms with van der Waals surface area (Å²) >= 11 is 0. The number of hydrogen-bond donors (Lipinski definition) is 0. The molecule has 1 aromatic rings. The van der Waals surface area contributed by atoms with Crippen LogP contribution in [0.3, 0.4) is 0 Å². The Labute approximate surface area is 89.7 Å². The molecule has 5 heteroatoms. The fraction of sp³-hybridized carbons (Fsp3) is 0.300. The van der Waals surface area contributed by atoms with Crippen molar-refractivity contribution in [1.29, 1.82) is 0 Å². The number of nitrogens with zero attached hydrogens (tertiary/aromatic N) is 1. The fourth-order valence-electron chi connectivity index (χ4n) is 0.936. The van der Waals surface area contributed by atoms with Gasteiger partial charge < -0.3 is 0 Å². The molecule has 0 aromatic heterocycles. The highest BCUT2D eigenvalue weighted by molar-refractivity contribution is 7.85. The second-order valence-electron chi connectivity index (χ2n) is 3.30. The minimum absolute atomic E-state index is 0.162. The molecule has 0 aliphatic rings. The number of benzene rings is 1. The van der Waals surface area contributed by atoms with Crippen molar-refractivity contribution in [2.75, 3.05) is 0 Å². The van der Waals surface area contributed by atoms with E-state index in [4.69, 9.17) is 0 Å². The van der Waals surface area contributed by atoms with Gasteiger partial charge in [0, 0.05) is 0 Å². The first-order valence-electron chi connectivity index (χ1n) is 4.46. The first-order chi connectivity index (χ1) is 6.99. The van der Waals surface area contributed by atoms with Crippen LogP contribution in [0.4, 0.5) is 0 Å². The van der Waals surface area contributed by atoms with Crippen molar-refractivity contribution in [3.05, 3.63) is 35.9 Å². The van der Waals surface area contributed by atoms with Crippen LogP contribution in [0.5, 0.6) is 0 Å². The Kier molecular flexibility index (Phi) is 3.85. The third kappa shape index (κ3) is 4.60. The van der Waals surface area contributed by atoms with Crippen LogP contribution < -0.4 is 0 Å². The normalized spacial score (nSPS) is 10.8. The Hall–Kier alpha value is -1.36. The average Bonchev–Trinajstić information content (AvgIpc) is 2.16. The number of hydrogen-bond acceptors (Lipinski definition) is 4. The number of rotatable bonds is 4. The van der Waals surface area contributed by atoms with Gasteiger partial charge in [-0.05, 0) is 19.4 Å². The monoisotopic (exact) mass is 227 g/mol. The lowest BCUT2D eigenvalue weighted by molar-refractivity contribution is 0.337. The number of oxime groups is 1. The molecule has 0 fully saturated rings. The summed E-state index contributed by atoms with van der Waals surface area (Å²) in [7, 11) is -3.62. The summed E-state index contributed by atoms with van der Waals surface area (Å²) in [6.45, 7) is 3.33. The van der Waals surface area contributed by atoms with Gasteiger partial charge in [0.05, 0.1) is 5.71 Å². The molecule has 0 spiro atoms. The second-order valence-corrected chi connectivity index (χ2v) is 4.85. The Bertz CT molecular complexity index is 433. The summed E-state index contributed by atoms with van der Waals surface area (Å²) in [4.78, 5) is 0. The summed E-state index contributed by atoms with van der Waals surface area (Å²) < 4.78 is 27.2. The highest BCUT2D eigenvalue weighted by Crippen LogP contribution is 2.07. The SMILES string of the molecule is CC(C)=NOS(=O)(=O)Cc1ccccc1. The highest BCUT2D eigenvalue weighted by atomic mass is 32.2. The predicted molar refractivity (Wildman–Crippen MR) is 58.9 cm³/mol. The van der Waals surface area contributed by atoms with Gasteiger partial charge >= 0.3 is 10.1 Å². The summed E-state index contributed by atoms with van der Waals surface area (Å²) in [5, 5.41) is 3.42. The highest BCUT2D eigenvalue weighted by Gasteiger charge is 2.12. The maximum Gasteiger partial charge on any atom is 0.332 e. The van der Waals surface area contributed by atoms with E-state index in [1.807, 2.05) is 6.07 Å².